The van der Waals surface area contributed by atoms with Gasteiger partial charge in [0.2, 0.25) is 5.16 Å². The SMILES string of the molecule is Cc1ccc(-n2nnnc2SCc2cccc(F)c2F)cc1. The summed E-state index contributed by atoms with van der Waals surface area (Å²) < 4.78 is 28.4. The van der Waals surface area contributed by atoms with Crippen LogP contribution >= 0.6 is 11.8 Å². The van der Waals surface area contributed by atoms with Gasteiger partial charge in [0.1, 0.15) is 0 Å². The van der Waals surface area contributed by atoms with Gasteiger partial charge in [-0.1, -0.05) is 41.6 Å². The molecule has 22 heavy (non-hydrogen) atoms. The fraction of sp³-hybridized carbons (Fsp3) is 0.133. The molecule has 7 heteroatoms. The lowest BCUT2D eigenvalue weighted by Crippen LogP contribution is -1.99. The summed E-state index contributed by atoms with van der Waals surface area (Å²) in [6, 6.07) is 11.8. The first-order valence-corrected chi connectivity index (χ1v) is 7.55. The van der Waals surface area contributed by atoms with Crippen molar-refractivity contribution in [2.45, 2.75) is 17.8 Å². The molecule has 0 amide bonds. The number of halogens is 2. The van der Waals surface area contributed by atoms with Crippen molar-refractivity contribution in [2.24, 2.45) is 0 Å². The van der Waals surface area contributed by atoms with Gasteiger partial charge in [-0.3, -0.25) is 0 Å². The lowest BCUT2D eigenvalue weighted by atomic mass is 10.2. The summed E-state index contributed by atoms with van der Waals surface area (Å²) in [6.07, 6.45) is 0. The predicted octanol–water partition coefficient (Wildman–Crippen LogP) is 3.54. The van der Waals surface area contributed by atoms with Gasteiger partial charge >= 0.3 is 0 Å². The number of hydrogen-bond donors (Lipinski definition) is 0. The van der Waals surface area contributed by atoms with E-state index in [2.05, 4.69) is 15.5 Å². The topological polar surface area (TPSA) is 43.6 Å². The Morgan fingerprint density at radius 1 is 1.09 bits per heavy atom. The zero-order valence-corrected chi connectivity index (χ0v) is 12.5. The van der Waals surface area contributed by atoms with E-state index in [-0.39, 0.29) is 11.3 Å². The molecule has 0 spiro atoms. The highest BCUT2D eigenvalue weighted by molar-refractivity contribution is 7.98. The molecule has 0 unspecified atom stereocenters. The van der Waals surface area contributed by atoms with Gasteiger partial charge in [-0.25, -0.2) is 8.78 Å². The van der Waals surface area contributed by atoms with Crippen molar-refractivity contribution in [1.82, 2.24) is 20.2 Å². The molecule has 0 radical (unpaired) electrons. The van der Waals surface area contributed by atoms with E-state index < -0.39 is 11.6 Å². The first-order chi connectivity index (χ1) is 10.6. The van der Waals surface area contributed by atoms with Crippen LogP contribution in [0.15, 0.2) is 47.6 Å². The number of hydrogen-bond acceptors (Lipinski definition) is 4. The monoisotopic (exact) mass is 318 g/mol. The molecule has 0 saturated heterocycles. The Kier molecular flexibility index (Phi) is 4.15. The van der Waals surface area contributed by atoms with Crippen molar-refractivity contribution in [1.29, 1.82) is 0 Å². The molecule has 1 aromatic heterocycles. The zero-order chi connectivity index (χ0) is 15.5. The fourth-order valence-corrected chi connectivity index (χ4v) is 2.79. The Morgan fingerprint density at radius 3 is 2.64 bits per heavy atom. The minimum absolute atomic E-state index is 0.246. The van der Waals surface area contributed by atoms with Gasteiger partial charge < -0.3 is 0 Å². The number of benzene rings is 2. The maximum atomic E-state index is 13.7. The molecule has 3 aromatic rings. The van der Waals surface area contributed by atoms with Crippen LogP contribution in [0.3, 0.4) is 0 Å². The molecule has 1 heterocycles. The second-order valence-corrected chi connectivity index (χ2v) is 5.65. The number of aromatic nitrogens is 4. The summed E-state index contributed by atoms with van der Waals surface area (Å²) >= 11 is 1.25. The van der Waals surface area contributed by atoms with E-state index in [1.54, 1.807) is 10.7 Å². The summed E-state index contributed by atoms with van der Waals surface area (Å²) in [5.74, 6) is -1.43. The van der Waals surface area contributed by atoms with Crippen molar-refractivity contribution >= 4 is 11.8 Å². The van der Waals surface area contributed by atoms with E-state index in [4.69, 9.17) is 0 Å². The second kappa shape index (κ2) is 6.23. The van der Waals surface area contributed by atoms with E-state index >= 15 is 0 Å². The Bertz CT molecular complexity index is 786. The van der Waals surface area contributed by atoms with Crippen molar-refractivity contribution in [3.8, 4) is 5.69 Å². The van der Waals surface area contributed by atoms with Crippen molar-refractivity contribution in [2.75, 3.05) is 0 Å². The third kappa shape index (κ3) is 2.99. The summed E-state index contributed by atoms with van der Waals surface area (Å²) in [4.78, 5) is 0. The van der Waals surface area contributed by atoms with E-state index in [9.17, 15) is 8.78 Å². The fourth-order valence-electron chi connectivity index (χ4n) is 1.92. The number of tetrazole rings is 1. The summed E-state index contributed by atoms with van der Waals surface area (Å²) in [6.45, 7) is 1.99. The predicted molar refractivity (Wildman–Crippen MR) is 79.8 cm³/mol. The lowest BCUT2D eigenvalue weighted by Gasteiger charge is -2.05. The van der Waals surface area contributed by atoms with E-state index in [0.29, 0.717) is 5.16 Å². The molecular formula is C15H12F2N4S. The maximum Gasteiger partial charge on any atom is 0.214 e. The minimum Gasteiger partial charge on any atom is -0.204 e. The van der Waals surface area contributed by atoms with E-state index in [1.807, 2.05) is 31.2 Å². The molecule has 112 valence electrons. The van der Waals surface area contributed by atoms with Gasteiger partial charge in [-0.15, -0.1) is 5.10 Å². The minimum atomic E-state index is -0.851. The van der Waals surface area contributed by atoms with Crippen LogP contribution in [0.5, 0.6) is 0 Å². The highest BCUT2D eigenvalue weighted by Gasteiger charge is 2.12. The molecule has 0 bridgehead atoms. The highest BCUT2D eigenvalue weighted by Crippen LogP contribution is 2.24. The molecule has 2 aromatic carbocycles. The molecular weight excluding hydrogens is 306 g/mol. The largest absolute Gasteiger partial charge is 0.214 e. The third-order valence-electron chi connectivity index (χ3n) is 3.11. The van der Waals surface area contributed by atoms with Crippen molar-refractivity contribution in [3.05, 3.63) is 65.2 Å². The van der Waals surface area contributed by atoms with Gasteiger partial charge in [-0.2, -0.15) is 4.68 Å². The number of thioether (sulfide) groups is 1. The Morgan fingerprint density at radius 2 is 1.86 bits per heavy atom. The van der Waals surface area contributed by atoms with Crippen LogP contribution in [0.2, 0.25) is 0 Å². The van der Waals surface area contributed by atoms with E-state index in [0.717, 1.165) is 17.3 Å². The van der Waals surface area contributed by atoms with Crippen LogP contribution in [0.1, 0.15) is 11.1 Å². The number of rotatable bonds is 4. The van der Waals surface area contributed by atoms with Crippen LogP contribution in [-0.4, -0.2) is 20.2 Å². The summed E-state index contributed by atoms with van der Waals surface area (Å²) in [7, 11) is 0. The first kappa shape index (κ1) is 14.6. The van der Waals surface area contributed by atoms with Gasteiger partial charge in [0.15, 0.2) is 11.6 Å². The molecule has 3 rings (SSSR count). The molecule has 0 saturated carbocycles. The van der Waals surface area contributed by atoms with Gasteiger partial charge in [0.05, 0.1) is 5.69 Å². The first-order valence-electron chi connectivity index (χ1n) is 6.56. The second-order valence-electron chi connectivity index (χ2n) is 4.71. The Balaban J connectivity index is 1.81. The van der Waals surface area contributed by atoms with Crippen LogP contribution in [-0.2, 0) is 5.75 Å². The van der Waals surface area contributed by atoms with Crippen molar-refractivity contribution in [3.63, 3.8) is 0 Å². The molecule has 0 fully saturated rings. The lowest BCUT2D eigenvalue weighted by molar-refractivity contribution is 0.502. The molecule has 0 aliphatic rings. The Hall–Kier alpha value is -2.28. The highest BCUT2D eigenvalue weighted by atomic mass is 32.2. The molecule has 0 aliphatic carbocycles. The standard InChI is InChI=1S/C15H12F2N4S/c1-10-5-7-12(8-6-10)21-15(18-19-20-21)22-9-11-3-2-4-13(16)14(11)17/h2-8H,9H2,1H3. The van der Waals surface area contributed by atoms with Gasteiger partial charge in [0, 0.05) is 11.3 Å². The molecule has 0 aliphatic heterocycles. The average Bonchev–Trinajstić information content (AvgIpc) is 2.98. The molecule has 0 atom stereocenters. The van der Waals surface area contributed by atoms with Crippen LogP contribution in [0.4, 0.5) is 8.78 Å². The number of nitrogens with zero attached hydrogens (tertiary/aromatic N) is 4. The summed E-state index contributed by atoms with van der Waals surface area (Å²) in [5.41, 5.74) is 2.23. The third-order valence-corrected chi connectivity index (χ3v) is 4.08. The van der Waals surface area contributed by atoms with Crippen LogP contribution in [0.25, 0.3) is 5.69 Å². The quantitative estimate of drug-likeness (QED) is 0.690. The average molecular weight is 318 g/mol. The maximum absolute atomic E-state index is 13.7. The zero-order valence-electron chi connectivity index (χ0n) is 11.7. The van der Waals surface area contributed by atoms with Crippen molar-refractivity contribution < 1.29 is 8.78 Å². The number of aryl methyl sites for hydroxylation is 1. The summed E-state index contributed by atoms with van der Waals surface area (Å²) in [5, 5.41) is 12.0. The molecule has 0 N–H and O–H groups in total. The van der Waals surface area contributed by atoms with Gasteiger partial charge in [-0.05, 0) is 35.5 Å². The van der Waals surface area contributed by atoms with E-state index in [1.165, 1.54) is 17.8 Å². The van der Waals surface area contributed by atoms with Gasteiger partial charge in [0.25, 0.3) is 0 Å². The smallest absolute Gasteiger partial charge is 0.204 e. The molecule has 4 nitrogen and oxygen atoms in total. The Labute approximate surface area is 130 Å². The van der Waals surface area contributed by atoms with Crippen LogP contribution in [0, 0.1) is 18.6 Å². The van der Waals surface area contributed by atoms with Crippen LogP contribution < -0.4 is 0 Å². The normalized spacial score (nSPS) is 10.9.